The van der Waals surface area contributed by atoms with E-state index in [1.807, 2.05) is 11.8 Å². The van der Waals surface area contributed by atoms with Gasteiger partial charge in [-0.2, -0.15) is 0 Å². The highest BCUT2D eigenvalue weighted by Gasteiger charge is 2.31. The molecule has 0 amide bonds. The summed E-state index contributed by atoms with van der Waals surface area (Å²) in [6.07, 6.45) is 1.81. The highest BCUT2D eigenvalue weighted by molar-refractivity contribution is 8.00. The molecule has 1 fully saturated rings. The molecule has 2 atom stereocenters. The Balaban J connectivity index is 2.09. The number of Topliss-reactive ketones (excluding diaryl/α,β-unsaturated/α-hetero) is 1. The lowest BCUT2D eigenvalue weighted by atomic mass is 10.1. The van der Waals surface area contributed by atoms with E-state index >= 15 is 0 Å². The Hall–Kier alpha value is -0.760. The molecule has 1 nitrogen and oxygen atoms in total. The van der Waals surface area contributed by atoms with Gasteiger partial charge in [-0.25, -0.2) is 0 Å². The van der Waals surface area contributed by atoms with Crippen LogP contribution >= 0.6 is 11.8 Å². The molecular weight excluding hydrogens is 216 g/mol. The lowest BCUT2D eigenvalue weighted by molar-refractivity contribution is -0.120. The van der Waals surface area contributed by atoms with E-state index in [2.05, 4.69) is 39.0 Å². The van der Waals surface area contributed by atoms with Gasteiger partial charge in [0.25, 0.3) is 0 Å². The Kier molecular flexibility index (Phi) is 3.38. The number of aryl methyl sites for hydroxylation is 2. The van der Waals surface area contributed by atoms with Crippen LogP contribution in [0.25, 0.3) is 0 Å². The van der Waals surface area contributed by atoms with Crippen LogP contribution < -0.4 is 0 Å². The Morgan fingerprint density at radius 1 is 1.25 bits per heavy atom. The molecule has 2 unspecified atom stereocenters. The fourth-order valence-electron chi connectivity index (χ4n) is 2.09. The number of benzene rings is 1. The molecule has 16 heavy (non-hydrogen) atoms. The smallest absolute Gasteiger partial charge is 0.136 e. The standard InChI is InChI=1S/C14H18OS/c1-9-4-5-12(8-10(9)2)16-14-7-6-13(15)11(14)3/h4-5,8,11,14H,6-7H2,1-3H3. The minimum atomic E-state index is 0.228. The van der Waals surface area contributed by atoms with Crippen LogP contribution in [0.3, 0.4) is 0 Å². The third-order valence-electron chi connectivity index (χ3n) is 3.51. The van der Waals surface area contributed by atoms with Gasteiger partial charge in [-0.3, -0.25) is 4.79 Å². The Labute approximate surface area is 102 Å². The van der Waals surface area contributed by atoms with E-state index in [-0.39, 0.29) is 5.92 Å². The number of carbonyl (C=O) groups excluding carboxylic acids is 1. The van der Waals surface area contributed by atoms with Crippen LogP contribution in [0.5, 0.6) is 0 Å². The fourth-order valence-corrected chi connectivity index (χ4v) is 3.43. The molecule has 1 aliphatic rings. The zero-order chi connectivity index (χ0) is 11.7. The number of hydrogen-bond acceptors (Lipinski definition) is 2. The van der Waals surface area contributed by atoms with Gasteiger partial charge in [-0.15, -0.1) is 11.8 Å². The van der Waals surface area contributed by atoms with E-state index in [1.54, 1.807) is 0 Å². The van der Waals surface area contributed by atoms with E-state index in [0.29, 0.717) is 11.0 Å². The lowest BCUT2D eigenvalue weighted by Crippen LogP contribution is -2.11. The van der Waals surface area contributed by atoms with Gasteiger partial charge in [0.1, 0.15) is 5.78 Å². The van der Waals surface area contributed by atoms with Gasteiger partial charge in [0.15, 0.2) is 0 Å². The molecule has 2 heteroatoms. The van der Waals surface area contributed by atoms with Crippen molar-refractivity contribution in [3.05, 3.63) is 29.3 Å². The highest BCUT2D eigenvalue weighted by Crippen LogP contribution is 2.37. The zero-order valence-electron chi connectivity index (χ0n) is 10.1. The Morgan fingerprint density at radius 3 is 2.56 bits per heavy atom. The van der Waals surface area contributed by atoms with Crippen molar-refractivity contribution < 1.29 is 4.79 Å². The molecule has 1 saturated carbocycles. The van der Waals surface area contributed by atoms with Gasteiger partial charge in [-0.05, 0) is 43.5 Å². The quantitative estimate of drug-likeness (QED) is 0.775. The summed E-state index contributed by atoms with van der Waals surface area (Å²) in [5.41, 5.74) is 2.67. The predicted octanol–water partition coefficient (Wildman–Crippen LogP) is 3.76. The second-order valence-corrected chi connectivity index (χ2v) is 6.01. The van der Waals surface area contributed by atoms with Crippen molar-refractivity contribution in [3.8, 4) is 0 Å². The topological polar surface area (TPSA) is 17.1 Å². The molecule has 0 bridgehead atoms. The lowest BCUT2D eigenvalue weighted by Gasteiger charge is -2.14. The van der Waals surface area contributed by atoms with E-state index in [4.69, 9.17) is 0 Å². The monoisotopic (exact) mass is 234 g/mol. The second kappa shape index (κ2) is 4.62. The van der Waals surface area contributed by atoms with Crippen LogP contribution in [0.1, 0.15) is 30.9 Å². The number of hydrogen-bond donors (Lipinski definition) is 0. The molecule has 0 saturated heterocycles. The minimum absolute atomic E-state index is 0.228. The first kappa shape index (κ1) is 11.7. The van der Waals surface area contributed by atoms with Crippen molar-refractivity contribution in [1.82, 2.24) is 0 Å². The molecule has 0 spiro atoms. The Morgan fingerprint density at radius 2 is 2.00 bits per heavy atom. The maximum atomic E-state index is 11.5. The third-order valence-corrected chi connectivity index (χ3v) is 4.98. The van der Waals surface area contributed by atoms with E-state index in [0.717, 1.165) is 12.8 Å². The second-order valence-electron chi connectivity index (χ2n) is 4.70. The minimum Gasteiger partial charge on any atom is -0.299 e. The molecule has 0 aromatic heterocycles. The summed E-state index contributed by atoms with van der Waals surface area (Å²) in [5.74, 6) is 0.660. The average Bonchev–Trinajstić information content (AvgIpc) is 2.55. The summed E-state index contributed by atoms with van der Waals surface area (Å²) < 4.78 is 0. The molecule has 0 heterocycles. The van der Waals surface area contributed by atoms with Crippen LogP contribution in [-0.4, -0.2) is 11.0 Å². The van der Waals surface area contributed by atoms with Crippen LogP contribution in [0.2, 0.25) is 0 Å². The summed E-state index contributed by atoms with van der Waals surface area (Å²) >= 11 is 1.87. The summed E-state index contributed by atoms with van der Waals surface area (Å²) in [6.45, 7) is 6.34. The van der Waals surface area contributed by atoms with Gasteiger partial charge in [-0.1, -0.05) is 13.0 Å². The molecule has 1 aromatic carbocycles. The van der Waals surface area contributed by atoms with E-state index in [1.165, 1.54) is 16.0 Å². The maximum absolute atomic E-state index is 11.5. The molecule has 0 N–H and O–H groups in total. The molecule has 86 valence electrons. The van der Waals surface area contributed by atoms with Crippen LogP contribution in [-0.2, 0) is 4.79 Å². The Bertz CT molecular complexity index is 411. The number of rotatable bonds is 2. The number of carbonyl (C=O) groups is 1. The summed E-state index contributed by atoms with van der Waals surface area (Å²) in [6, 6.07) is 6.57. The molecule has 2 rings (SSSR count). The largest absolute Gasteiger partial charge is 0.299 e. The van der Waals surface area contributed by atoms with Crippen molar-refractivity contribution in [2.75, 3.05) is 0 Å². The van der Waals surface area contributed by atoms with Crippen LogP contribution in [0.15, 0.2) is 23.1 Å². The fraction of sp³-hybridized carbons (Fsp3) is 0.500. The third kappa shape index (κ3) is 2.32. The van der Waals surface area contributed by atoms with Crippen molar-refractivity contribution >= 4 is 17.5 Å². The van der Waals surface area contributed by atoms with E-state index in [9.17, 15) is 4.79 Å². The summed E-state index contributed by atoms with van der Waals surface area (Å²) in [4.78, 5) is 12.8. The van der Waals surface area contributed by atoms with Gasteiger partial charge in [0.05, 0.1) is 0 Å². The first-order valence-electron chi connectivity index (χ1n) is 5.84. The number of ketones is 1. The van der Waals surface area contributed by atoms with Gasteiger partial charge in [0, 0.05) is 22.5 Å². The van der Waals surface area contributed by atoms with Gasteiger partial charge in [0.2, 0.25) is 0 Å². The zero-order valence-corrected chi connectivity index (χ0v) is 10.9. The molecule has 1 aromatic rings. The van der Waals surface area contributed by atoms with Crippen molar-refractivity contribution in [2.24, 2.45) is 5.92 Å². The molecule has 1 aliphatic carbocycles. The van der Waals surface area contributed by atoms with Gasteiger partial charge < -0.3 is 0 Å². The first-order valence-corrected chi connectivity index (χ1v) is 6.72. The predicted molar refractivity (Wildman–Crippen MR) is 69.0 cm³/mol. The van der Waals surface area contributed by atoms with Crippen molar-refractivity contribution in [1.29, 1.82) is 0 Å². The summed E-state index contributed by atoms with van der Waals surface area (Å²) in [7, 11) is 0. The number of thioether (sulfide) groups is 1. The van der Waals surface area contributed by atoms with Gasteiger partial charge >= 0.3 is 0 Å². The first-order chi connectivity index (χ1) is 7.58. The molecular formula is C14H18OS. The average molecular weight is 234 g/mol. The molecule has 0 radical (unpaired) electrons. The van der Waals surface area contributed by atoms with E-state index < -0.39 is 0 Å². The van der Waals surface area contributed by atoms with Crippen LogP contribution in [0, 0.1) is 19.8 Å². The van der Waals surface area contributed by atoms with Crippen LogP contribution in [0.4, 0.5) is 0 Å². The maximum Gasteiger partial charge on any atom is 0.136 e. The van der Waals surface area contributed by atoms with Crippen molar-refractivity contribution in [3.63, 3.8) is 0 Å². The van der Waals surface area contributed by atoms with Crippen molar-refractivity contribution in [2.45, 2.75) is 43.8 Å². The normalized spacial score (nSPS) is 25.1. The SMILES string of the molecule is Cc1ccc(SC2CCC(=O)C2C)cc1C. The molecule has 0 aliphatic heterocycles. The highest BCUT2D eigenvalue weighted by atomic mass is 32.2. The summed E-state index contributed by atoms with van der Waals surface area (Å²) in [5, 5.41) is 0.481.